The Bertz CT molecular complexity index is 961. The SMILES string of the molecule is COc1ccc(CN(Sc2cc(F)c(F)cc2F)c2ccncn2)c(OC)c1. The third kappa shape index (κ3) is 4.48. The van der Waals surface area contributed by atoms with E-state index in [0.717, 1.165) is 23.6 Å². The van der Waals surface area contributed by atoms with Crippen LogP contribution in [0.2, 0.25) is 0 Å². The molecule has 0 aliphatic heterocycles. The second-order valence-corrected chi connectivity index (χ2v) is 6.63. The lowest BCUT2D eigenvalue weighted by atomic mass is 10.2. The Balaban J connectivity index is 1.96. The average Bonchev–Trinajstić information content (AvgIpc) is 2.72. The lowest BCUT2D eigenvalue weighted by molar-refractivity contribution is 0.391. The van der Waals surface area contributed by atoms with Crippen LogP contribution in [0, 0.1) is 17.5 Å². The van der Waals surface area contributed by atoms with Crippen LogP contribution in [0.5, 0.6) is 11.5 Å². The van der Waals surface area contributed by atoms with Crippen LogP contribution in [0.4, 0.5) is 19.0 Å². The van der Waals surface area contributed by atoms with Gasteiger partial charge in [0.25, 0.3) is 0 Å². The van der Waals surface area contributed by atoms with Gasteiger partial charge in [0.05, 0.1) is 25.7 Å². The number of aromatic nitrogens is 2. The van der Waals surface area contributed by atoms with E-state index in [1.54, 1.807) is 35.7 Å². The van der Waals surface area contributed by atoms with Crippen molar-refractivity contribution in [1.82, 2.24) is 9.97 Å². The number of halogens is 3. The van der Waals surface area contributed by atoms with Gasteiger partial charge in [-0.3, -0.25) is 4.31 Å². The molecule has 146 valence electrons. The Morgan fingerprint density at radius 2 is 1.75 bits per heavy atom. The molecule has 0 amide bonds. The highest BCUT2D eigenvalue weighted by molar-refractivity contribution is 8.00. The Morgan fingerprint density at radius 1 is 0.964 bits per heavy atom. The molecular formula is C19H16F3N3O2S. The average molecular weight is 407 g/mol. The van der Waals surface area contributed by atoms with Crippen molar-refractivity contribution in [3.05, 3.63) is 71.9 Å². The molecule has 0 bridgehead atoms. The van der Waals surface area contributed by atoms with Crippen LogP contribution in [0.25, 0.3) is 0 Å². The predicted octanol–water partition coefficient (Wildman–Crippen LogP) is 4.63. The summed E-state index contributed by atoms with van der Waals surface area (Å²) in [5.74, 6) is -1.61. The fraction of sp³-hybridized carbons (Fsp3) is 0.158. The molecule has 0 atom stereocenters. The van der Waals surface area contributed by atoms with E-state index in [2.05, 4.69) is 9.97 Å². The topological polar surface area (TPSA) is 47.5 Å². The number of methoxy groups -OCH3 is 2. The molecule has 2 aromatic carbocycles. The number of nitrogens with zero attached hydrogens (tertiary/aromatic N) is 3. The first-order valence-electron chi connectivity index (χ1n) is 8.08. The predicted molar refractivity (Wildman–Crippen MR) is 99.9 cm³/mol. The van der Waals surface area contributed by atoms with Crippen molar-refractivity contribution in [2.45, 2.75) is 11.4 Å². The van der Waals surface area contributed by atoms with E-state index in [-0.39, 0.29) is 11.4 Å². The number of hydrogen-bond acceptors (Lipinski definition) is 6. The van der Waals surface area contributed by atoms with Gasteiger partial charge in [-0.25, -0.2) is 23.1 Å². The minimum Gasteiger partial charge on any atom is -0.497 e. The van der Waals surface area contributed by atoms with Gasteiger partial charge in [0.15, 0.2) is 11.6 Å². The van der Waals surface area contributed by atoms with E-state index in [1.165, 1.54) is 19.6 Å². The summed E-state index contributed by atoms with van der Waals surface area (Å²) in [6.07, 6.45) is 2.87. The molecule has 0 saturated heterocycles. The summed E-state index contributed by atoms with van der Waals surface area (Å²) in [6.45, 7) is 0.243. The zero-order chi connectivity index (χ0) is 20.1. The molecule has 28 heavy (non-hydrogen) atoms. The zero-order valence-corrected chi connectivity index (χ0v) is 15.8. The summed E-state index contributed by atoms with van der Waals surface area (Å²) in [4.78, 5) is 7.96. The van der Waals surface area contributed by atoms with Crippen molar-refractivity contribution < 1.29 is 22.6 Å². The third-order valence-corrected chi connectivity index (χ3v) is 4.86. The lowest BCUT2D eigenvalue weighted by Gasteiger charge is -2.23. The second kappa shape index (κ2) is 8.83. The van der Waals surface area contributed by atoms with Crippen molar-refractivity contribution in [2.75, 3.05) is 18.5 Å². The van der Waals surface area contributed by atoms with Crippen LogP contribution < -0.4 is 13.8 Å². The molecule has 3 aromatic rings. The van der Waals surface area contributed by atoms with Gasteiger partial charge < -0.3 is 9.47 Å². The maximum atomic E-state index is 14.2. The first-order chi connectivity index (χ1) is 13.5. The lowest BCUT2D eigenvalue weighted by Crippen LogP contribution is -2.16. The number of hydrogen-bond donors (Lipinski definition) is 0. The van der Waals surface area contributed by atoms with Crippen LogP contribution in [0.15, 0.2) is 53.8 Å². The first kappa shape index (κ1) is 19.8. The summed E-state index contributed by atoms with van der Waals surface area (Å²) in [5, 5.41) is 0. The smallest absolute Gasteiger partial charge is 0.161 e. The molecule has 1 aromatic heterocycles. The summed E-state index contributed by atoms with van der Waals surface area (Å²) in [5.41, 5.74) is 0.761. The minimum absolute atomic E-state index is 0.0787. The van der Waals surface area contributed by atoms with Crippen molar-refractivity contribution in [1.29, 1.82) is 0 Å². The highest BCUT2D eigenvalue weighted by Crippen LogP contribution is 2.34. The highest BCUT2D eigenvalue weighted by atomic mass is 32.2. The molecule has 0 spiro atoms. The molecule has 0 saturated carbocycles. The van der Waals surface area contributed by atoms with Crippen LogP contribution in [-0.2, 0) is 6.54 Å². The van der Waals surface area contributed by atoms with E-state index in [9.17, 15) is 13.2 Å². The standard InChI is InChI=1S/C19H16F3N3O2S/c1-26-13-4-3-12(17(7-13)27-2)10-25(19-5-6-23-11-24-19)28-18-9-15(21)14(20)8-16(18)22/h3-9,11H,10H2,1-2H3. The van der Waals surface area contributed by atoms with Gasteiger partial charge in [-0.15, -0.1) is 0 Å². The van der Waals surface area contributed by atoms with E-state index in [1.807, 2.05) is 0 Å². The Labute approximate surface area is 164 Å². The van der Waals surface area contributed by atoms with Crippen LogP contribution in [-0.4, -0.2) is 24.2 Å². The molecule has 5 nitrogen and oxygen atoms in total. The van der Waals surface area contributed by atoms with Gasteiger partial charge in [0.1, 0.15) is 29.5 Å². The largest absolute Gasteiger partial charge is 0.497 e. The quantitative estimate of drug-likeness (QED) is 0.421. The van der Waals surface area contributed by atoms with Gasteiger partial charge in [-0.05, 0) is 36.2 Å². The number of benzene rings is 2. The van der Waals surface area contributed by atoms with Gasteiger partial charge >= 0.3 is 0 Å². The van der Waals surface area contributed by atoms with Gasteiger partial charge in [0.2, 0.25) is 0 Å². The van der Waals surface area contributed by atoms with E-state index < -0.39 is 17.5 Å². The van der Waals surface area contributed by atoms with Crippen molar-refractivity contribution >= 4 is 17.8 Å². The van der Waals surface area contributed by atoms with Crippen LogP contribution in [0.1, 0.15) is 5.56 Å². The maximum Gasteiger partial charge on any atom is 0.161 e. The fourth-order valence-corrected chi connectivity index (χ4v) is 3.37. The Morgan fingerprint density at radius 3 is 2.43 bits per heavy atom. The summed E-state index contributed by atoms with van der Waals surface area (Å²) in [7, 11) is 3.07. The van der Waals surface area contributed by atoms with Crippen LogP contribution >= 0.6 is 11.9 Å². The van der Waals surface area contributed by atoms with Gasteiger partial charge in [0, 0.05) is 23.9 Å². The maximum absolute atomic E-state index is 14.2. The summed E-state index contributed by atoms with van der Waals surface area (Å²) < 4.78 is 53.2. The number of ether oxygens (including phenoxy) is 2. The normalized spacial score (nSPS) is 10.6. The van der Waals surface area contributed by atoms with Crippen LogP contribution in [0.3, 0.4) is 0 Å². The van der Waals surface area contributed by atoms with E-state index in [4.69, 9.17) is 9.47 Å². The fourth-order valence-electron chi connectivity index (χ4n) is 2.42. The minimum atomic E-state index is -1.24. The summed E-state index contributed by atoms with van der Waals surface area (Å²) in [6, 6.07) is 8.24. The monoisotopic (exact) mass is 407 g/mol. The first-order valence-corrected chi connectivity index (χ1v) is 8.86. The molecule has 0 N–H and O–H groups in total. The molecule has 1 heterocycles. The van der Waals surface area contributed by atoms with Crippen molar-refractivity contribution in [2.24, 2.45) is 0 Å². The molecule has 0 fully saturated rings. The van der Waals surface area contributed by atoms with Gasteiger partial charge in [-0.2, -0.15) is 0 Å². The Hall–Kier alpha value is -2.94. The number of anilines is 1. The van der Waals surface area contributed by atoms with Gasteiger partial charge in [-0.1, -0.05) is 0 Å². The molecule has 0 unspecified atom stereocenters. The molecule has 0 radical (unpaired) electrons. The van der Waals surface area contributed by atoms with E-state index in [0.29, 0.717) is 23.4 Å². The molecule has 0 aliphatic carbocycles. The van der Waals surface area contributed by atoms with Crippen molar-refractivity contribution in [3.63, 3.8) is 0 Å². The molecule has 9 heteroatoms. The molecule has 3 rings (SSSR count). The van der Waals surface area contributed by atoms with E-state index >= 15 is 0 Å². The molecular weight excluding hydrogens is 391 g/mol. The Kier molecular flexibility index (Phi) is 6.25. The summed E-state index contributed by atoms with van der Waals surface area (Å²) >= 11 is 0.890. The van der Waals surface area contributed by atoms with Crippen molar-refractivity contribution in [3.8, 4) is 11.5 Å². The molecule has 0 aliphatic rings. The highest BCUT2D eigenvalue weighted by Gasteiger charge is 2.18. The third-order valence-electron chi connectivity index (χ3n) is 3.81. The number of rotatable bonds is 7. The zero-order valence-electron chi connectivity index (χ0n) is 15.0. The second-order valence-electron chi connectivity index (χ2n) is 5.57.